The topological polar surface area (TPSA) is 0 Å². The van der Waals surface area contributed by atoms with Gasteiger partial charge < -0.3 is 37.2 Å². The zero-order valence-electron chi connectivity index (χ0n) is 42.1. The fourth-order valence-electron chi connectivity index (χ4n) is 10.2. The van der Waals surface area contributed by atoms with E-state index in [1.54, 1.807) is 79.7 Å². The van der Waals surface area contributed by atoms with Gasteiger partial charge in [-0.2, -0.15) is 22.3 Å². The van der Waals surface area contributed by atoms with Crippen LogP contribution in [0.4, 0.5) is 0 Å². The quantitative estimate of drug-likeness (QED) is 0.111. The average Bonchev–Trinajstić information content (AvgIpc) is 3.17. The standard InChI is InChI=1S/C48H81Si7.3ClH.Ti/c1-32-33(2)35(4)48(34(32)3)55(39-26-42(49(8,9)10)36(5)43(27-39)50(11,12)13,40-28-44(51(14,15)16)37(6)45(29-40)52(17,18)19)41-30-46(53(20,21)22)38(7)47(31-41)54(23,24)25;;;;/h26-31H,1-25H3;3*1H;/q-1;;;;+4/p-3. The molecule has 0 bridgehead atoms. The molecule has 0 radical (unpaired) electrons. The van der Waals surface area contributed by atoms with E-state index in [9.17, 15) is 0 Å². The molecule has 0 atom stereocenters. The Morgan fingerprint density at radius 1 is 0.288 bits per heavy atom. The van der Waals surface area contributed by atoms with Gasteiger partial charge in [0.2, 0.25) is 0 Å². The molecule has 0 amide bonds. The average molecular weight is 1010 g/mol. The van der Waals surface area contributed by atoms with E-state index in [0.717, 1.165) is 0 Å². The minimum absolute atomic E-state index is 0. The SMILES string of the molecule is Cc1c([Si](C)(C)C)cc([Si](c2cc([Si](C)(C)C)c(C)c([Si](C)(C)C)c2)(c2cc([Si](C)(C)C)c(C)c([Si](C)(C)C)c2)[c-]2c(C)c(C)c(C)c2C)cc1[Si](C)(C)C.[Cl-].[Cl-].[Cl-].[Ti+4]. The Hall–Kier alpha value is 0.112. The zero-order chi connectivity index (χ0) is 42.6. The molecule has 0 aliphatic heterocycles. The first kappa shape index (κ1) is 59.1. The summed E-state index contributed by atoms with van der Waals surface area (Å²) in [6.45, 7) is 64.1. The van der Waals surface area contributed by atoms with E-state index in [1.165, 1.54) is 11.1 Å². The summed E-state index contributed by atoms with van der Waals surface area (Å²) in [5, 5.41) is 16.7. The van der Waals surface area contributed by atoms with Crippen molar-refractivity contribution in [1.82, 2.24) is 0 Å². The van der Waals surface area contributed by atoms with Crippen LogP contribution in [0.25, 0.3) is 0 Å². The van der Waals surface area contributed by atoms with Crippen LogP contribution in [0.2, 0.25) is 118 Å². The zero-order valence-corrected chi connectivity index (χ0v) is 52.9. The largest absolute Gasteiger partial charge is 4.00 e. The van der Waals surface area contributed by atoms with E-state index >= 15 is 0 Å². The Bertz CT molecular complexity index is 1820. The van der Waals surface area contributed by atoms with E-state index in [1.807, 2.05) is 0 Å². The fourth-order valence-corrected chi connectivity index (χ4v) is 28.0. The summed E-state index contributed by atoms with van der Waals surface area (Å²) in [4.78, 5) is 0. The molecule has 0 aliphatic rings. The summed E-state index contributed by atoms with van der Waals surface area (Å²) in [7, 11) is -13.5. The molecule has 0 heterocycles. The van der Waals surface area contributed by atoms with Gasteiger partial charge in [0.25, 0.3) is 0 Å². The molecule has 4 aromatic carbocycles. The molecule has 326 valence electrons. The first-order valence-electron chi connectivity index (χ1n) is 21.2. The number of hydrogen-bond donors (Lipinski definition) is 0. The van der Waals surface area contributed by atoms with Gasteiger partial charge in [0.15, 0.2) is 0 Å². The molecule has 4 aromatic rings. The van der Waals surface area contributed by atoms with Crippen LogP contribution in [0.5, 0.6) is 0 Å². The molecule has 0 aromatic heterocycles. The second-order valence-electron chi connectivity index (χ2n) is 23.7. The Balaban J connectivity index is 0.00000841. The maximum absolute atomic E-state index is 3.00. The van der Waals surface area contributed by atoms with Gasteiger partial charge in [-0.3, -0.25) is 0 Å². The molecule has 0 N–H and O–H groups in total. The maximum atomic E-state index is 2.83. The summed E-state index contributed by atoms with van der Waals surface area (Å²) in [5.41, 5.74) is 10.9. The first-order chi connectivity index (χ1) is 24.5. The Morgan fingerprint density at radius 3 is 0.576 bits per heavy atom. The van der Waals surface area contributed by atoms with Crippen molar-refractivity contribution in [3.63, 3.8) is 0 Å². The van der Waals surface area contributed by atoms with E-state index in [-0.39, 0.29) is 58.9 Å². The first-order valence-corrected chi connectivity index (χ1v) is 44.2. The van der Waals surface area contributed by atoms with Crippen molar-refractivity contribution in [3.8, 4) is 0 Å². The molecule has 0 aliphatic carbocycles. The van der Waals surface area contributed by atoms with Gasteiger partial charge in [-0.05, 0) is 20.8 Å². The normalized spacial score (nSPS) is 13.0. The monoisotopic (exact) mass is 1010 g/mol. The van der Waals surface area contributed by atoms with Crippen LogP contribution in [0.15, 0.2) is 36.4 Å². The third kappa shape index (κ3) is 11.1. The summed E-state index contributed by atoms with van der Waals surface area (Å²) < 4.78 is 0. The summed E-state index contributed by atoms with van der Waals surface area (Å²) in [6.07, 6.45) is 0. The van der Waals surface area contributed by atoms with Gasteiger partial charge in [0, 0.05) is 0 Å². The number of rotatable bonds is 10. The van der Waals surface area contributed by atoms with E-state index < -0.39 is 56.5 Å². The number of benzene rings is 3. The van der Waals surface area contributed by atoms with Crippen LogP contribution >= 0.6 is 0 Å². The van der Waals surface area contributed by atoms with Crippen molar-refractivity contribution in [2.24, 2.45) is 0 Å². The second kappa shape index (κ2) is 19.3. The van der Waals surface area contributed by atoms with Crippen LogP contribution in [0.3, 0.4) is 0 Å². The molecule has 4 rings (SSSR count). The summed E-state index contributed by atoms with van der Waals surface area (Å²) in [6, 6.07) is 17.0. The van der Waals surface area contributed by atoms with Gasteiger partial charge >= 0.3 is 21.7 Å². The van der Waals surface area contributed by atoms with Crippen LogP contribution in [0.1, 0.15) is 38.9 Å². The third-order valence-corrected chi connectivity index (χ3v) is 31.0. The third-order valence-electron chi connectivity index (χ3n) is 13.2. The van der Waals surface area contributed by atoms with Crippen molar-refractivity contribution in [1.29, 1.82) is 0 Å². The Kier molecular flexibility index (Phi) is 19.3. The smallest absolute Gasteiger partial charge is 1.00 e. The molecule has 0 nitrogen and oxygen atoms in total. The second-order valence-corrected chi connectivity index (χ2v) is 57.7. The Labute approximate surface area is 405 Å². The van der Waals surface area contributed by atoms with Crippen molar-refractivity contribution < 1.29 is 58.9 Å². The minimum atomic E-state index is -3.00. The van der Waals surface area contributed by atoms with E-state index in [4.69, 9.17) is 0 Å². The molecular formula is C48H81Cl3Si7Ti. The van der Waals surface area contributed by atoms with Gasteiger partial charge in [0.05, 0.1) is 48.4 Å². The summed E-state index contributed by atoms with van der Waals surface area (Å²) in [5.74, 6) is 0. The predicted octanol–water partition coefficient (Wildman–Crippen LogP) is -0.777. The van der Waals surface area contributed by atoms with E-state index in [2.05, 4.69) is 203 Å². The van der Waals surface area contributed by atoms with Gasteiger partial charge in [-0.15, -0.1) is 5.19 Å². The van der Waals surface area contributed by atoms with Gasteiger partial charge in [-0.1, -0.05) is 245 Å². The predicted molar refractivity (Wildman–Crippen MR) is 277 cm³/mol. The number of halogens is 3. The van der Waals surface area contributed by atoms with Crippen LogP contribution in [-0.4, -0.2) is 56.5 Å². The Morgan fingerprint density at radius 2 is 0.441 bits per heavy atom. The molecular weight excluding hydrogens is 927 g/mol. The van der Waals surface area contributed by atoms with Crippen LogP contribution in [-0.2, 0) is 21.7 Å². The molecule has 0 spiro atoms. The minimum Gasteiger partial charge on any atom is -1.00 e. The van der Waals surface area contributed by atoms with Crippen molar-refractivity contribution in [2.75, 3.05) is 0 Å². The molecule has 0 saturated carbocycles. The van der Waals surface area contributed by atoms with Gasteiger partial charge in [-0.25, -0.2) is 0 Å². The van der Waals surface area contributed by atoms with Crippen molar-refractivity contribution >= 4 is 108 Å². The maximum Gasteiger partial charge on any atom is 4.00 e. The molecule has 0 unspecified atom stereocenters. The van der Waals surface area contributed by atoms with Crippen LogP contribution in [0, 0.1) is 48.5 Å². The van der Waals surface area contributed by atoms with Crippen molar-refractivity contribution in [2.45, 2.75) is 166 Å². The van der Waals surface area contributed by atoms with E-state index in [0.29, 0.717) is 0 Å². The molecule has 59 heavy (non-hydrogen) atoms. The molecule has 0 saturated heterocycles. The van der Waals surface area contributed by atoms with Gasteiger partial charge in [0.1, 0.15) is 8.07 Å². The van der Waals surface area contributed by atoms with Crippen molar-refractivity contribution in [3.05, 3.63) is 75.3 Å². The van der Waals surface area contributed by atoms with Crippen LogP contribution < -0.4 is 89.1 Å². The molecule has 11 heteroatoms. The number of hydrogen-bond acceptors (Lipinski definition) is 0. The summed E-state index contributed by atoms with van der Waals surface area (Å²) >= 11 is 0. The molecule has 0 fully saturated rings. The fraction of sp³-hybridized carbons (Fsp3) is 0.521.